The van der Waals surface area contributed by atoms with Crippen LogP contribution in [0.15, 0.2) is 0 Å². The molecular formula is C24H43NO4. The average Bonchev–Trinajstić information content (AvgIpc) is 2.98. The number of hydrogen-bond donors (Lipinski definition) is 3. The molecular weight excluding hydrogens is 366 g/mol. The third kappa shape index (κ3) is 3.65. The van der Waals surface area contributed by atoms with Crippen LogP contribution in [0.5, 0.6) is 0 Å². The van der Waals surface area contributed by atoms with Crippen molar-refractivity contribution in [1.29, 1.82) is 0 Å². The van der Waals surface area contributed by atoms with Gasteiger partial charge in [0.2, 0.25) is 0 Å². The van der Waals surface area contributed by atoms with Gasteiger partial charge in [0.1, 0.15) is 0 Å². The van der Waals surface area contributed by atoms with Crippen LogP contribution in [0.3, 0.4) is 0 Å². The Morgan fingerprint density at radius 1 is 1.03 bits per heavy atom. The lowest BCUT2D eigenvalue weighted by Crippen LogP contribution is -2.58. The van der Waals surface area contributed by atoms with Gasteiger partial charge in [-0.15, -0.1) is 0 Å². The highest BCUT2D eigenvalue weighted by Crippen LogP contribution is 2.68. The second-order valence-electron chi connectivity index (χ2n) is 11.3. The minimum atomic E-state index is -0.934. The fourth-order valence-corrected chi connectivity index (χ4v) is 8.72. The van der Waals surface area contributed by atoms with Crippen LogP contribution in [-0.2, 0) is 4.79 Å². The molecule has 29 heavy (non-hydrogen) atoms. The zero-order valence-electron chi connectivity index (χ0n) is 18.9. The van der Waals surface area contributed by atoms with Crippen LogP contribution in [0, 0.1) is 46.3 Å². The van der Waals surface area contributed by atoms with Crippen molar-refractivity contribution >= 4 is 5.97 Å². The molecule has 0 aromatic rings. The summed E-state index contributed by atoms with van der Waals surface area (Å²) in [5, 5.41) is 32.4. The summed E-state index contributed by atoms with van der Waals surface area (Å²) in [7, 11) is 0. The topological polar surface area (TPSA) is 117 Å². The molecule has 0 heterocycles. The molecule has 4 fully saturated rings. The molecule has 5 heteroatoms. The number of rotatable bonds is 4. The molecule has 0 bridgehead atoms. The average molecular weight is 410 g/mol. The van der Waals surface area contributed by atoms with Gasteiger partial charge < -0.3 is 26.3 Å². The molecule has 0 aliphatic heterocycles. The molecule has 168 valence electrons. The van der Waals surface area contributed by atoms with E-state index >= 15 is 0 Å². The van der Waals surface area contributed by atoms with Gasteiger partial charge in [0.05, 0.1) is 12.2 Å². The van der Waals surface area contributed by atoms with Gasteiger partial charge in [-0.25, -0.2) is 0 Å². The molecule has 4 saturated carbocycles. The van der Waals surface area contributed by atoms with Crippen LogP contribution in [0.1, 0.15) is 85.0 Å². The van der Waals surface area contributed by atoms with E-state index in [4.69, 9.17) is 0 Å². The lowest BCUT2D eigenvalue weighted by Gasteiger charge is -2.62. The summed E-state index contributed by atoms with van der Waals surface area (Å²) in [6.45, 7) is 7.11. The van der Waals surface area contributed by atoms with Gasteiger partial charge in [0.25, 0.3) is 0 Å². The summed E-state index contributed by atoms with van der Waals surface area (Å²) in [4.78, 5) is 10.9. The number of aliphatic carboxylic acids is 1. The third-order valence-electron chi connectivity index (χ3n) is 10.2. The number of quaternary nitrogens is 1. The van der Waals surface area contributed by atoms with Crippen LogP contribution in [0.25, 0.3) is 0 Å². The van der Waals surface area contributed by atoms with Crippen molar-refractivity contribution in [2.45, 2.75) is 97.2 Å². The van der Waals surface area contributed by atoms with Crippen molar-refractivity contribution in [2.24, 2.45) is 46.3 Å². The maximum absolute atomic E-state index is 11.2. The highest BCUT2D eigenvalue weighted by Gasteiger charge is 2.62. The molecule has 4 aliphatic rings. The molecule has 0 amide bonds. The van der Waals surface area contributed by atoms with E-state index in [1.54, 1.807) is 0 Å². The lowest BCUT2D eigenvalue weighted by molar-refractivity contribution is -0.306. The van der Waals surface area contributed by atoms with E-state index in [2.05, 4.69) is 20.8 Å². The van der Waals surface area contributed by atoms with Crippen LogP contribution in [0.2, 0.25) is 0 Å². The zero-order valence-corrected chi connectivity index (χ0v) is 18.9. The Hall–Kier alpha value is -0.650. The van der Waals surface area contributed by atoms with Gasteiger partial charge in [0.15, 0.2) is 0 Å². The molecule has 5 nitrogen and oxygen atoms in total. The minimum Gasteiger partial charge on any atom is -0.550 e. The Balaban J connectivity index is 0.00000240. The second-order valence-corrected chi connectivity index (χ2v) is 11.3. The number of fused-ring (bicyclic) bond motifs is 5. The summed E-state index contributed by atoms with van der Waals surface area (Å²) >= 11 is 0. The largest absolute Gasteiger partial charge is 0.550 e. The number of aliphatic hydroxyl groups excluding tert-OH is 2. The number of aliphatic hydroxyl groups is 2. The predicted molar refractivity (Wildman–Crippen MR) is 112 cm³/mol. The normalized spacial score (nSPS) is 49.9. The first-order valence-electron chi connectivity index (χ1n) is 11.7. The molecule has 10 atom stereocenters. The first-order chi connectivity index (χ1) is 13.2. The maximum atomic E-state index is 11.2. The zero-order chi connectivity index (χ0) is 20.3. The SMILES string of the molecule is C[C@H](CCC(=O)[O-])[C@H]1CC[C@H]2[C@@H]3[C@@H](O)C[C@@H]4C[C@H](O)CC[C@]4(C)[C@H]3CC[C@]12C.[NH4+]. The quantitative estimate of drug-likeness (QED) is 0.658. The summed E-state index contributed by atoms with van der Waals surface area (Å²) in [5.41, 5.74) is 0.494. The van der Waals surface area contributed by atoms with Crippen LogP contribution < -0.4 is 11.3 Å². The second kappa shape index (κ2) is 8.12. The van der Waals surface area contributed by atoms with Crippen molar-refractivity contribution in [3.8, 4) is 0 Å². The number of carboxylic acid groups (broad SMARTS) is 1. The maximum Gasteiger partial charge on any atom is 0.0577 e. The van der Waals surface area contributed by atoms with E-state index in [-0.39, 0.29) is 35.6 Å². The van der Waals surface area contributed by atoms with Gasteiger partial charge in [-0.05, 0) is 111 Å². The summed E-state index contributed by atoms with van der Waals surface area (Å²) < 4.78 is 0. The monoisotopic (exact) mass is 409 g/mol. The minimum absolute atomic E-state index is 0. The molecule has 0 radical (unpaired) electrons. The van der Waals surface area contributed by atoms with E-state index in [9.17, 15) is 20.1 Å². The number of carboxylic acids is 1. The lowest BCUT2D eigenvalue weighted by atomic mass is 9.43. The molecule has 0 spiro atoms. The number of carbonyl (C=O) groups excluding carboxylic acids is 1. The molecule has 0 aromatic carbocycles. The van der Waals surface area contributed by atoms with Crippen molar-refractivity contribution < 1.29 is 20.1 Å². The van der Waals surface area contributed by atoms with E-state index < -0.39 is 5.97 Å². The fraction of sp³-hybridized carbons (Fsp3) is 0.958. The fourth-order valence-electron chi connectivity index (χ4n) is 8.72. The standard InChI is InChI=1S/C24H40O4.H3N/c1-14(4-7-21(27)28)17-5-6-18-22-19(9-11-24(17,18)3)23(2)10-8-16(25)12-15(23)13-20(22)26;/h14-20,22,25-26H,4-13H2,1-3H3,(H,27,28);1H3/t14-,15+,16-,17-,18+,19+,20+,22+,23+,24-;/m1./s1. The molecule has 4 aliphatic carbocycles. The van der Waals surface area contributed by atoms with Crippen LogP contribution in [0.4, 0.5) is 0 Å². The first kappa shape index (κ1) is 23.0. The van der Waals surface area contributed by atoms with Crippen LogP contribution in [-0.4, -0.2) is 28.4 Å². The van der Waals surface area contributed by atoms with Gasteiger partial charge in [-0.1, -0.05) is 20.8 Å². The van der Waals surface area contributed by atoms with Gasteiger partial charge >= 0.3 is 0 Å². The Kier molecular flexibility index (Phi) is 6.45. The Bertz CT molecular complexity index is 612. The van der Waals surface area contributed by atoms with Gasteiger partial charge in [-0.3, -0.25) is 0 Å². The molecule has 4 rings (SSSR count). The van der Waals surface area contributed by atoms with Crippen molar-refractivity contribution in [1.82, 2.24) is 6.15 Å². The van der Waals surface area contributed by atoms with Gasteiger partial charge in [-0.2, -0.15) is 0 Å². The summed E-state index contributed by atoms with van der Waals surface area (Å²) in [6.07, 6.45) is 8.91. The van der Waals surface area contributed by atoms with E-state index in [0.29, 0.717) is 41.9 Å². The van der Waals surface area contributed by atoms with Crippen molar-refractivity contribution in [2.75, 3.05) is 0 Å². The Morgan fingerprint density at radius 2 is 1.69 bits per heavy atom. The first-order valence-corrected chi connectivity index (χ1v) is 11.7. The molecule has 6 N–H and O–H groups in total. The van der Waals surface area contributed by atoms with Gasteiger partial charge in [0, 0.05) is 5.97 Å². The highest BCUT2D eigenvalue weighted by molar-refractivity contribution is 5.64. The number of carbonyl (C=O) groups is 1. The van der Waals surface area contributed by atoms with E-state index in [1.165, 1.54) is 25.7 Å². The molecule has 0 aromatic heterocycles. The van der Waals surface area contributed by atoms with E-state index in [1.807, 2.05) is 0 Å². The van der Waals surface area contributed by atoms with Crippen molar-refractivity contribution in [3.63, 3.8) is 0 Å². The third-order valence-corrected chi connectivity index (χ3v) is 10.2. The summed E-state index contributed by atoms with van der Waals surface area (Å²) in [6, 6.07) is 0. The number of hydrogen-bond acceptors (Lipinski definition) is 4. The predicted octanol–water partition coefficient (Wildman–Crippen LogP) is 3.52. The molecule has 0 unspecified atom stereocenters. The van der Waals surface area contributed by atoms with Crippen LogP contribution >= 0.6 is 0 Å². The highest BCUT2D eigenvalue weighted by atomic mass is 16.4. The smallest absolute Gasteiger partial charge is 0.0577 e. The Morgan fingerprint density at radius 3 is 2.38 bits per heavy atom. The molecule has 0 saturated heterocycles. The van der Waals surface area contributed by atoms with Crippen molar-refractivity contribution in [3.05, 3.63) is 0 Å². The Labute approximate surface area is 176 Å². The van der Waals surface area contributed by atoms with E-state index in [0.717, 1.165) is 25.7 Å². The summed E-state index contributed by atoms with van der Waals surface area (Å²) in [5.74, 6) is 1.99.